The van der Waals surface area contributed by atoms with E-state index >= 15 is 0 Å². The van der Waals surface area contributed by atoms with Gasteiger partial charge in [-0.05, 0) is 31.0 Å². The number of hydrogen-bond acceptors (Lipinski definition) is 6. The van der Waals surface area contributed by atoms with Gasteiger partial charge >= 0.3 is 12.3 Å². The molecule has 7 nitrogen and oxygen atoms in total. The average molecular weight is 418 g/mol. The number of ether oxygens (including phenoxy) is 1. The van der Waals surface area contributed by atoms with Gasteiger partial charge in [-0.3, -0.25) is 4.98 Å². The van der Waals surface area contributed by atoms with Gasteiger partial charge in [0.1, 0.15) is 0 Å². The van der Waals surface area contributed by atoms with Gasteiger partial charge in [0, 0.05) is 30.8 Å². The molecule has 1 fully saturated rings. The number of carbonyl (C=O) groups is 1. The summed E-state index contributed by atoms with van der Waals surface area (Å²) in [5.41, 5.74) is -0.942. The number of rotatable bonds is 3. The number of amides is 1. The molecule has 30 heavy (non-hydrogen) atoms. The van der Waals surface area contributed by atoms with Gasteiger partial charge in [0.2, 0.25) is 11.7 Å². The molecule has 0 bridgehead atoms. The van der Waals surface area contributed by atoms with Crippen molar-refractivity contribution in [3.8, 4) is 17.1 Å². The molecule has 1 aliphatic heterocycles. The topological polar surface area (TPSA) is 81.4 Å². The van der Waals surface area contributed by atoms with Crippen molar-refractivity contribution >= 4 is 6.09 Å². The van der Waals surface area contributed by atoms with E-state index in [2.05, 4.69) is 15.1 Å². The molecule has 4 rings (SSSR count). The smallest absolute Gasteiger partial charge is 0.409 e. The lowest BCUT2D eigenvalue weighted by molar-refractivity contribution is -0.137. The van der Waals surface area contributed by atoms with Crippen molar-refractivity contribution in [1.82, 2.24) is 20.0 Å². The molecule has 0 aliphatic carbocycles. The molecule has 0 radical (unpaired) electrons. The van der Waals surface area contributed by atoms with Crippen molar-refractivity contribution < 1.29 is 27.2 Å². The first-order chi connectivity index (χ1) is 14.4. The molecule has 3 aromatic rings. The van der Waals surface area contributed by atoms with Crippen LogP contribution in [0.1, 0.15) is 30.2 Å². The van der Waals surface area contributed by atoms with E-state index in [4.69, 9.17) is 9.26 Å². The fourth-order valence-electron chi connectivity index (χ4n) is 3.32. The summed E-state index contributed by atoms with van der Waals surface area (Å²) in [6, 6.07) is 8.40. The first-order valence-electron chi connectivity index (χ1n) is 9.29. The second kappa shape index (κ2) is 8.13. The summed E-state index contributed by atoms with van der Waals surface area (Å²) < 4.78 is 50.2. The summed E-state index contributed by atoms with van der Waals surface area (Å²) in [5.74, 6) is 0.375. The first kappa shape index (κ1) is 19.9. The van der Waals surface area contributed by atoms with Gasteiger partial charge in [0.15, 0.2) is 5.75 Å². The second-order valence-corrected chi connectivity index (χ2v) is 6.82. The minimum absolute atomic E-state index is 0.101. The zero-order chi connectivity index (χ0) is 21.1. The lowest BCUT2D eigenvalue weighted by Gasteiger charge is -2.29. The molecule has 2 aromatic heterocycles. The van der Waals surface area contributed by atoms with Crippen molar-refractivity contribution in [2.24, 2.45) is 0 Å². The highest BCUT2D eigenvalue weighted by Gasteiger charge is 2.35. The van der Waals surface area contributed by atoms with Gasteiger partial charge < -0.3 is 14.2 Å². The van der Waals surface area contributed by atoms with Crippen LogP contribution < -0.4 is 4.74 Å². The lowest BCUT2D eigenvalue weighted by Crippen LogP contribution is -2.39. The van der Waals surface area contributed by atoms with E-state index in [0.29, 0.717) is 31.7 Å². The number of pyridine rings is 1. The van der Waals surface area contributed by atoms with Crippen LogP contribution in [0.4, 0.5) is 18.0 Å². The molecule has 0 unspecified atom stereocenters. The average Bonchev–Trinajstić information content (AvgIpc) is 3.24. The maximum atomic E-state index is 13.2. The zero-order valence-corrected chi connectivity index (χ0v) is 15.7. The van der Waals surface area contributed by atoms with Crippen molar-refractivity contribution in [2.45, 2.75) is 24.9 Å². The summed E-state index contributed by atoms with van der Waals surface area (Å²) in [5, 5.41) is 3.75. The van der Waals surface area contributed by atoms with Gasteiger partial charge in [0.05, 0.1) is 11.8 Å². The number of carbonyl (C=O) groups excluding carboxylic acids is 1. The Labute approximate surface area is 169 Å². The molecular weight excluding hydrogens is 401 g/mol. The number of alkyl halides is 3. The molecule has 0 saturated carbocycles. The van der Waals surface area contributed by atoms with E-state index in [0.717, 1.165) is 6.07 Å². The van der Waals surface area contributed by atoms with E-state index in [1.807, 2.05) is 0 Å². The molecule has 1 aromatic carbocycles. The fourth-order valence-corrected chi connectivity index (χ4v) is 3.32. The van der Waals surface area contributed by atoms with Gasteiger partial charge in [0.25, 0.3) is 0 Å². The van der Waals surface area contributed by atoms with Gasteiger partial charge in [-0.1, -0.05) is 23.4 Å². The molecule has 10 heteroatoms. The highest BCUT2D eigenvalue weighted by atomic mass is 19.4. The highest BCUT2D eigenvalue weighted by Crippen LogP contribution is 2.36. The predicted octanol–water partition coefficient (Wildman–Crippen LogP) is 4.53. The quantitative estimate of drug-likeness (QED) is 0.622. The van der Waals surface area contributed by atoms with E-state index in [1.54, 1.807) is 23.2 Å². The normalized spacial score (nSPS) is 15.2. The first-order valence-corrected chi connectivity index (χ1v) is 9.29. The van der Waals surface area contributed by atoms with Gasteiger partial charge in [-0.15, -0.1) is 0 Å². The van der Waals surface area contributed by atoms with E-state index in [-0.39, 0.29) is 23.2 Å². The van der Waals surface area contributed by atoms with Crippen LogP contribution in [0.2, 0.25) is 0 Å². The van der Waals surface area contributed by atoms with E-state index in [9.17, 15) is 18.0 Å². The van der Waals surface area contributed by atoms with Crippen molar-refractivity contribution in [3.63, 3.8) is 0 Å². The summed E-state index contributed by atoms with van der Waals surface area (Å²) in [6.07, 6.45) is -0.906. The number of aromatic nitrogens is 3. The molecule has 0 spiro atoms. The fraction of sp³-hybridized carbons (Fsp3) is 0.300. The van der Waals surface area contributed by atoms with Crippen LogP contribution in [0.3, 0.4) is 0 Å². The van der Waals surface area contributed by atoms with Gasteiger partial charge in [-0.2, -0.15) is 18.2 Å². The molecule has 1 aliphatic rings. The Balaban J connectivity index is 1.41. The Morgan fingerprint density at radius 1 is 1.13 bits per heavy atom. The number of benzene rings is 1. The summed E-state index contributed by atoms with van der Waals surface area (Å²) in [6.45, 7) is 0.807. The van der Waals surface area contributed by atoms with Crippen molar-refractivity contribution in [1.29, 1.82) is 0 Å². The second-order valence-electron chi connectivity index (χ2n) is 6.82. The predicted molar refractivity (Wildman–Crippen MR) is 98.5 cm³/mol. The Morgan fingerprint density at radius 2 is 1.90 bits per heavy atom. The van der Waals surface area contributed by atoms with Gasteiger partial charge in [-0.25, -0.2) is 4.79 Å². The third-order valence-electron chi connectivity index (χ3n) is 4.86. The molecule has 0 atom stereocenters. The Morgan fingerprint density at radius 3 is 2.60 bits per heavy atom. The standard InChI is InChI=1S/C20H17F3N4O3/c21-20(22,23)16-6-2-1-5-15(16)17-25-18(30-26-17)13-7-10-27(11-8-13)19(28)29-14-4-3-9-24-12-14/h1-6,9,12-13H,7-8,10-11H2. The van der Waals surface area contributed by atoms with Crippen LogP contribution in [0.5, 0.6) is 5.75 Å². The summed E-state index contributed by atoms with van der Waals surface area (Å²) in [4.78, 5) is 21.9. The molecule has 1 saturated heterocycles. The van der Waals surface area contributed by atoms with Crippen LogP contribution >= 0.6 is 0 Å². The van der Waals surface area contributed by atoms with E-state index < -0.39 is 17.8 Å². The minimum Gasteiger partial charge on any atom is -0.409 e. The Bertz CT molecular complexity index is 1020. The SMILES string of the molecule is O=C(Oc1cccnc1)N1CCC(c2nc(-c3ccccc3C(F)(F)F)no2)CC1. The molecule has 156 valence electrons. The van der Waals surface area contributed by atoms with Crippen LogP contribution in [-0.2, 0) is 6.18 Å². The number of piperidine rings is 1. The van der Waals surface area contributed by atoms with Crippen molar-refractivity contribution in [2.75, 3.05) is 13.1 Å². The van der Waals surface area contributed by atoms with Crippen molar-refractivity contribution in [3.05, 3.63) is 60.2 Å². The summed E-state index contributed by atoms with van der Waals surface area (Å²) in [7, 11) is 0. The third kappa shape index (κ3) is 4.27. The minimum atomic E-state index is -4.52. The number of likely N-dealkylation sites (tertiary alicyclic amines) is 1. The molecule has 0 N–H and O–H groups in total. The third-order valence-corrected chi connectivity index (χ3v) is 4.86. The maximum Gasteiger partial charge on any atom is 0.417 e. The maximum absolute atomic E-state index is 13.2. The van der Waals surface area contributed by atoms with Crippen LogP contribution in [-0.4, -0.2) is 39.2 Å². The van der Waals surface area contributed by atoms with Crippen LogP contribution in [0.25, 0.3) is 11.4 Å². The highest BCUT2D eigenvalue weighted by molar-refractivity contribution is 5.70. The van der Waals surface area contributed by atoms with E-state index in [1.165, 1.54) is 24.4 Å². The molecular formula is C20H17F3N4O3. The Hall–Kier alpha value is -3.43. The number of halogens is 3. The molecule has 3 heterocycles. The Kier molecular flexibility index (Phi) is 5.39. The number of hydrogen-bond donors (Lipinski definition) is 0. The molecule has 1 amide bonds. The lowest BCUT2D eigenvalue weighted by atomic mass is 9.97. The zero-order valence-electron chi connectivity index (χ0n) is 15.7. The van der Waals surface area contributed by atoms with Crippen LogP contribution in [0.15, 0.2) is 53.3 Å². The van der Waals surface area contributed by atoms with Crippen LogP contribution in [0, 0.1) is 0 Å². The monoisotopic (exact) mass is 418 g/mol. The number of nitrogens with zero attached hydrogens (tertiary/aromatic N) is 4. The summed E-state index contributed by atoms with van der Waals surface area (Å²) >= 11 is 0. The largest absolute Gasteiger partial charge is 0.417 e.